The summed E-state index contributed by atoms with van der Waals surface area (Å²) in [5.41, 5.74) is 0.558. The fraction of sp³-hybridized carbons (Fsp3) is 0.533. The summed E-state index contributed by atoms with van der Waals surface area (Å²) in [6, 6.07) is 7.41. The van der Waals surface area contributed by atoms with Crippen LogP contribution in [0.4, 0.5) is 5.69 Å². The first-order chi connectivity index (χ1) is 9.00. The molecule has 0 aromatic heterocycles. The lowest BCUT2D eigenvalue weighted by atomic mass is 9.88. The SMILES string of the molecule is COc1cccc(NC(=O)[C@@H]2CCOC(C)(C)C2)c1. The number of carbonyl (C=O) groups is 1. The molecular weight excluding hydrogens is 242 g/mol. The van der Waals surface area contributed by atoms with E-state index in [0.717, 1.165) is 24.3 Å². The van der Waals surface area contributed by atoms with E-state index in [9.17, 15) is 4.79 Å². The third-order valence-electron chi connectivity index (χ3n) is 3.41. The van der Waals surface area contributed by atoms with Crippen LogP contribution in [0.25, 0.3) is 0 Å². The summed E-state index contributed by atoms with van der Waals surface area (Å²) in [7, 11) is 1.61. The minimum absolute atomic E-state index is 0.00921. The standard InChI is InChI=1S/C15H21NO3/c1-15(2)10-11(7-8-19-15)14(17)16-12-5-4-6-13(9-12)18-3/h4-6,9,11H,7-8,10H2,1-3H3,(H,16,17)/t11-/m1/s1. The highest BCUT2D eigenvalue weighted by atomic mass is 16.5. The largest absolute Gasteiger partial charge is 0.497 e. The molecule has 104 valence electrons. The number of ether oxygens (including phenoxy) is 2. The van der Waals surface area contributed by atoms with E-state index in [1.807, 2.05) is 38.1 Å². The maximum Gasteiger partial charge on any atom is 0.227 e. The van der Waals surface area contributed by atoms with Crippen LogP contribution >= 0.6 is 0 Å². The summed E-state index contributed by atoms with van der Waals surface area (Å²) in [6.07, 6.45) is 1.53. The summed E-state index contributed by atoms with van der Waals surface area (Å²) >= 11 is 0. The first-order valence-corrected chi connectivity index (χ1v) is 6.59. The van der Waals surface area contributed by atoms with E-state index >= 15 is 0 Å². The lowest BCUT2D eigenvalue weighted by molar-refractivity contribution is -0.130. The van der Waals surface area contributed by atoms with Crippen molar-refractivity contribution in [3.8, 4) is 5.75 Å². The number of hydrogen-bond acceptors (Lipinski definition) is 3. The molecule has 0 radical (unpaired) electrons. The van der Waals surface area contributed by atoms with Crippen LogP contribution in [0, 0.1) is 5.92 Å². The van der Waals surface area contributed by atoms with Crippen molar-refractivity contribution in [2.24, 2.45) is 5.92 Å². The minimum Gasteiger partial charge on any atom is -0.497 e. The van der Waals surface area contributed by atoms with E-state index in [4.69, 9.17) is 9.47 Å². The van der Waals surface area contributed by atoms with Crippen molar-refractivity contribution < 1.29 is 14.3 Å². The zero-order valence-electron chi connectivity index (χ0n) is 11.7. The second kappa shape index (κ2) is 5.61. The maximum absolute atomic E-state index is 12.2. The molecule has 0 aliphatic carbocycles. The van der Waals surface area contributed by atoms with Gasteiger partial charge in [-0.2, -0.15) is 0 Å². The van der Waals surface area contributed by atoms with Crippen LogP contribution in [0.2, 0.25) is 0 Å². The summed E-state index contributed by atoms with van der Waals surface area (Å²) < 4.78 is 10.8. The number of amides is 1. The van der Waals surface area contributed by atoms with Gasteiger partial charge in [-0.15, -0.1) is 0 Å². The average Bonchev–Trinajstić information content (AvgIpc) is 2.37. The molecule has 0 unspecified atom stereocenters. The Hall–Kier alpha value is -1.55. The molecular formula is C15H21NO3. The quantitative estimate of drug-likeness (QED) is 0.912. The monoisotopic (exact) mass is 263 g/mol. The van der Waals surface area contributed by atoms with Crippen molar-refractivity contribution in [2.75, 3.05) is 19.0 Å². The lowest BCUT2D eigenvalue weighted by Crippen LogP contribution is -2.39. The van der Waals surface area contributed by atoms with Crippen LogP contribution in [0.5, 0.6) is 5.75 Å². The van der Waals surface area contributed by atoms with E-state index in [1.165, 1.54) is 0 Å². The summed E-state index contributed by atoms with van der Waals surface area (Å²) in [5.74, 6) is 0.810. The lowest BCUT2D eigenvalue weighted by Gasteiger charge is -2.34. The molecule has 4 nitrogen and oxygen atoms in total. The summed E-state index contributed by atoms with van der Waals surface area (Å²) in [4.78, 5) is 12.2. The smallest absolute Gasteiger partial charge is 0.227 e. The van der Waals surface area contributed by atoms with Crippen molar-refractivity contribution in [3.05, 3.63) is 24.3 Å². The normalized spacial score (nSPS) is 21.7. The Morgan fingerprint density at radius 1 is 1.47 bits per heavy atom. The Morgan fingerprint density at radius 3 is 2.95 bits per heavy atom. The van der Waals surface area contributed by atoms with Crippen LogP contribution in [0.1, 0.15) is 26.7 Å². The highest BCUT2D eigenvalue weighted by molar-refractivity contribution is 5.92. The Bertz CT molecular complexity index is 456. The zero-order valence-corrected chi connectivity index (χ0v) is 11.7. The van der Waals surface area contributed by atoms with E-state index in [2.05, 4.69) is 5.32 Å². The van der Waals surface area contributed by atoms with Gasteiger partial charge < -0.3 is 14.8 Å². The highest BCUT2D eigenvalue weighted by Gasteiger charge is 2.32. The van der Waals surface area contributed by atoms with Gasteiger partial charge in [0.2, 0.25) is 5.91 Å². The molecule has 1 aliphatic heterocycles. The van der Waals surface area contributed by atoms with Gasteiger partial charge in [-0.3, -0.25) is 4.79 Å². The fourth-order valence-electron chi connectivity index (χ4n) is 2.40. The molecule has 4 heteroatoms. The van der Waals surface area contributed by atoms with Gasteiger partial charge in [-0.25, -0.2) is 0 Å². The molecule has 1 saturated heterocycles. The van der Waals surface area contributed by atoms with Gasteiger partial charge in [0.1, 0.15) is 5.75 Å². The molecule has 1 N–H and O–H groups in total. The number of benzene rings is 1. The van der Waals surface area contributed by atoms with Gasteiger partial charge in [0.25, 0.3) is 0 Å². The first kappa shape index (κ1) is 13.9. The molecule has 1 aromatic carbocycles. The molecule has 19 heavy (non-hydrogen) atoms. The van der Waals surface area contributed by atoms with Crippen LogP contribution in [-0.2, 0) is 9.53 Å². The van der Waals surface area contributed by atoms with Crippen LogP contribution in [0.3, 0.4) is 0 Å². The Balaban J connectivity index is 2.00. The molecule has 1 fully saturated rings. The van der Waals surface area contributed by atoms with Gasteiger partial charge in [0.05, 0.1) is 12.7 Å². The number of carbonyl (C=O) groups excluding carboxylic acids is 1. The third kappa shape index (κ3) is 3.70. The third-order valence-corrected chi connectivity index (χ3v) is 3.41. The van der Waals surface area contributed by atoms with Crippen molar-refractivity contribution in [2.45, 2.75) is 32.3 Å². The summed E-state index contributed by atoms with van der Waals surface area (Å²) in [6.45, 7) is 4.69. The molecule has 0 bridgehead atoms. The van der Waals surface area contributed by atoms with E-state index in [1.54, 1.807) is 7.11 Å². The predicted molar refractivity (Wildman–Crippen MR) is 74.4 cm³/mol. The number of rotatable bonds is 3. The van der Waals surface area contributed by atoms with E-state index in [0.29, 0.717) is 6.61 Å². The molecule has 2 rings (SSSR count). The Labute approximate surface area is 114 Å². The average molecular weight is 263 g/mol. The van der Waals surface area contributed by atoms with Crippen molar-refractivity contribution in [3.63, 3.8) is 0 Å². The molecule has 1 atom stereocenters. The van der Waals surface area contributed by atoms with Gasteiger partial charge >= 0.3 is 0 Å². The van der Waals surface area contributed by atoms with Crippen LogP contribution in [0.15, 0.2) is 24.3 Å². The molecule has 1 amide bonds. The van der Waals surface area contributed by atoms with Crippen molar-refractivity contribution in [1.82, 2.24) is 0 Å². The molecule has 0 spiro atoms. The number of methoxy groups -OCH3 is 1. The Morgan fingerprint density at radius 2 is 2.26 bits per heavy atom. The topological polar surface area (TPSA) is 47.6 Å². The predicted octanol–water partition coefficient (Wildman–Crippen LogP) is 2.84. The van der Waals surface area contributed by atoms with Gasteiger partial charge in [-0.05, 0) is 38.8 Å². The number of hydrogen-bond donors (Lipinski definition) is 1. The van der Waals surface area contributed by atoms with Crippen molar-refractivity contribution >= 4 is 11.6 Å². The zero-order chi connectivity index (χ0) is 13.9. The Kier molecular flexibility index (Phi) is 4.10. The van der Waals surface area contributed by atoms with Crippen LogP contribution < -0.4 is 10.1 Å². The van der Waals surface area contributed by atoms with Gasteiger partial charge in [-0.1, -0.05) is 6.07 Å². The number of anilines is 1. The second-order valence-electron chi connectivity index (χ2n) is 5.52. The number of nitrogens with one attached hydrogen (secondary N) is 1. The van der Waals surface area contributed by atoms with Crippen molar-refractivity contribution in [1.29, 1.82) is 0 Å². The fourth-order valence-corrected chi connectivity index (χ4v) is 2.40. The maximum atomic E-state index is 12.2. The molecule has 1 heterocycles. The molecule has 0 saturated carbocycles. The summed E-state index contributed by atoms with van der Waals surface area (Å²) in [5, 5.41) is 2.95. The van der Waals surface area contributed by atoms with E-state index in [-0.39, 0.29) is 17.4 Å². The first-order valence-electron chi connectivity index (χ1n) is 6.59. The van der Waals surface area contributed by atoms with Crippen LogP contribution in [-0.4, -0.2) is 25.2 Å². The molecule has 1 aromatic rings. The molecule has 1 aliphatic rings. The second-order valence-corrected chi connectivity index (χ2v) is 5.52. The van der Waals surface area contributed by atoms with Gasteiger partial charge in [0.15, 0.2) is 0 Å². The highest BCUT2D eigenvalue weighted by Crippen LogP contribution is 2.29. The van der Waals surface area contributed by atoms with E-state index < -0.39 is 0 Å². The minimum atomic E-state index is -0.214. The van der Waals surface area contributed by atoms with Gasteiger partial charge in [0, 0.05) is 24.3 Å².